The zero-order chi connectivity index (χ0) is 11.5. The third-order valence-electron chi connectivity index (χ3n) is 1.50. The molecule has 0 aromatic carbocycles. The van der Waals surface area contributed by atoms with Crippen molar-refractivity contribution in [3.8, 4) is 0 Å². The van der Waals surface area contributed by atoms with E-state index >= 15 is 0 Å². The Hall–Kier alpha value is -1.47. The first-order valence-corrected chi connectivity index (χ1v) is 5.62. The smallest absolute Gasteiger partial charge is 0.304 e. The molecule has 82 valence electrons. The quantitative estimate of drug-likeness (QED) is 0.733. The lowest BCUT2D eigenvalue weighted by molar-refractivity contribution is -0.143. The van der Waals surface area contributed by atoms with Gasteiger partial charge in [-0.3, -0.25) is 9.78 Å². The van der Waals surface area contributed by atoms with E-state index in [1.807, 2.05) is 0 Å². The molecule has 0 bridgehead atoms. The lowest BCUT2D eigenvalue weighted by Crippen LogP contribution is -2.26. The van der Waals surface area contributed by atoms with Crippen LogP contribution in [-0.2, 0) is 19.6 Å². The topological polar surface area (TPSA) is 99.3 Å². The van der Waals surface area contributed by atoms with Crippen LogP contribution in [0.3, 0.4) is 0 Å². The number of hydrogen-bond acceptors (Lipinski definition) is 5. The number of nitrogens with two attached hydrogens (primary N) is 1. The van der Waals surface area contributed by atoms with Crippen LogP contribution in [0.2, 0.25) is 0 Å². The summed E-state index contributed by atoms with van der Waals surface area (Å²) in [5.41, 5.74) is -1.47. The number of sulfonamides is 1. The number of ether oxygens (including phenoxy) is 1. The molecule has 0 spiro atoms. The monoisotopic (exact) mass is 230 g/mol. The number of aromatic nitrogens is 1. The second kappa shape index (κ2) is 4.37. The average molecular weight is 230 g/mol. The van der Waals surface area contributed by atoms with Crippen molar-refractivity contribution in [2.45, 2.75) is 12.4 Å². The number of rotatable bonds is 3. The van der Waals surface area contributed by atoms with E-state index in [-0.39, 0.29) is 5.69 Å². The van der Waals surface area contributed by atoms with E-state index in [2.05, 4.69) is 9.72 Å². The minimum Gasteiger partial charge on any atom is -0.438 e. The van der Waals surface area contributed by atoms with E-state index in [1.165, 1.54) is 12.3 Å². The Labute approximate surface area is 87.1 Å². The van der Waals surface area contributed by atoms with Crippen molar-refractivity contribution >= 4 is 16.0 Å². The molecule has 15 heavy (non-hydrogen) atoms. The Morgan fingerprint density at radius 1 is 1.53 bits per heavy atom. The van der Waals surface area contributed by atoms with Crippen molar-refractivity contribution < 1.29 is 17.9 Å². The molecule has 0 amide bonds. The van der Waals surface area contributed by atoms with Gasteiger partial charge in [0, 0.05) is 13.1 Å². The fourth-order valence-electron chi connectivity index (χ4n) is 0.962. The first kappa shape index (κ1) is 11.6. The molecule has 1 rings (SSSR count). The largest absolute Gasteiger partial charge is 0.438 e. The van der Waals surface area contributed by atoms with Crippen molar-refractivity contribution in [2.24, 2.45) is 5.14 Å². The molecule has 0 saturated heterocycles. The van der Waals surface area contributed by atoms with Gasteiger partial charge in [-0.1, -0.05) is 6.07 Å². The second-order valence-electron chi connectivity index (χ2n) is 2.78. The normalized spacial score (nSPS) is 13.2. The van der Waals surface area contributed by atoms with Crippen LogP contribution in [0.15, 0.2) is 24.4 Å². The maximum Gasteiger partial charge on any atom is 0.304 e. The standard InChI is InChI=1S/C8H10N2O4S/c1-6(11)14-8(15(9,12)13)7-4-2-3-5-10-7/h2-5,8H,1H3,(H2,9,12,13). The lowest BCUT2D eigenvalue weighted by Gasteiger charge is -2.13. The van der Waals surface area contributed by atoms with E-state index in [0.29, 0.717) is 0 Å². The molecule has 6 nitrogen and oxygen atoms in total. The van der Waals surface area contributed by atoms with Crippen LogP contribution in [0.4, 0.5) is 0 Å². The molecule has 2 N–H and O–H groups in total. The molecule has 0 fully saturated rings. The lowest BCUT2D eigenvalue weighted by atomic mass is 10.4. The summed E-state index contributed by atoms with van der Waals surface area (Å²) in [4.78, 5) is 14.5. The molecule has 7 heteroatoms. The summed E-state index contributed by atoms with van der Waals surface area (Å²) in [7, 11) is -4.02. The minimum absolute atomic E-state index is 0.0789. The molecule has 0 radical (unpaired) electrons. The summed E-state index contributed by atoms with van der Waals surface area (Å²) in [5.74, 6) is -0.736. The van der Waals surface area contributed by atoms with Crippen LogP contribution in [-0.4, -0.2) is 19.4 Å². The third-order valence-corrected chi connectivity index (χ3v) is 2.44. The Morgan fingerprint density at radius 3 is 2.60 bits per heavy atom. The van der Waals surface area contributed by atoms with Gasteiger partial charge in [-0.2, -0.15) is 0 Å². The summed E-state index contributed by atoms with van der Waals surface area (Å²) in [5, 5.41) is 4.92. The molecule has 1 unspecified atom stereocenters. The molecule has 1 atom stereocenters. The molecule has 0 aliphatic carbocycles. The Balaban J connectivity index is 3.08. The number of carbonyl (C=O) groups is 1. The van der Waals surface area contributed by atoms with E-state index in [4.69, 9.17) is 5.14 Å². The summed E-state index contributed by atoms with van der Waals surface area (Å²) in [6, 6.07) is 4.60. The van der Waals surface area contributed by atoms with E-state index in [9.17, 15) is 13.2 Å². The van der Waals surface area contributed by atoms with Gasteiger partial charge in [0.25, 0.3) is 15.5 Å². The van der Waals surface area contributed by atoms with Crippen LogP contribution >= 0.6 is 0 Å². The van der Waals surface area contributed by atoms with Crippen molar-refractivity contribution in [2.75, 3.05) is 0 Å². The van der Waals surface area contributed by atoms with Gasteiger partial charge in [0.1, 0.15) is 0 Å². The SMILES string of the molecule is CC(=O)OC(c1ccccn1)S(N)(=O)=O. The van der Waals surface area contributed by atoms with Crippen molar-refractivity contribution in [1.29, 1.82) is 0 Å². The van der Waals surface area contributed by atoms with Gasteiger partial charge < -0.3 is 4.74 Å². The van der Waals surface area contributed by atoms with Crippen LogP contribution in [0.25, 0.3) is 0 Å². The molecule has 0 aliphatic rings. The number of nitrogens with zero attached hydrogens (tertiary/aromatic N) is 1. The number of hydrogen-bond donors (Lipinski definition) is 1. The van der Waals surface area contributed by atoms with Gasteiger partial charge in [-0.15, -0.1) is 0 Å². The van der Waals surface area contributed by atoms with Gasteiger partial charge in [0.2, 0.25) is 0 Å². The van der Waals surface area contributed by atoms with Gasteiger partial charge >= 0.3 is 5.97 Å². The van der Waals surface area contributed by atoms with E-state index in [1.54, 1.807) is 12.1 Å². The predicted molar refractivity (Wildman–Crippen MR) is 51.9 cm³/mol. The van der Waals surface area contributed by atoms with Gasteiger partial charge in [-0.25, -0.2) is 13.6 Å². The summed E-state index contributed by atoms with van der Waals surface area (Å²) in [6.07, 6.45) is 1.39. The highest BCUT2D eigenvalue weighted by Gasteiger charge is 2.27. The maximum absolute atomic E-state index is 11.1. The Morgan fingerprint density at radius 2 is 2.20 bits per heavy atom. The van der Waals surface area contributed by atoms with Crippen LogP contribution < -0.4 is 5.14 Å². The average Bonchev–Trinajstić information content (AvgIpc) is 2.14. The zero-order valence-electron chi connectivity index (χ0n) is 7.95. The Kier molecular flexibility index (Phi) is 3.38. The predicted octanol–water partition coefficient (Wildman–Crippen LogP) is -0.0682. The van der Waals surface area contributed by atoms with Crippen molar-refractivity contribution in [3.63, 3.8) is 0 Å². The van der Waals surface area contributed by atoms with Crippen molar-refractivity contribution in [1.82, 2.24) is 4.98 Å². The van der Waals surface area contributed by atoms with Gasteiger partial charge in [0.05, 0.1) is 5.69 Å². The molecular formula is C8H10N2O4S. The molecule has 1 aromatic rings. The first-order chi connectivity index (χ1) is 6.91. The highest BCUT2D eigenvalue weighted by Crippen LogP contribution is 2.19. The highest BCUT2D eigenvalue weighted by atomic mass is 32.2. The molecular weight excluding hydrogens is 220 g/mol. The van der Waals surface area contributed by atoms with Crippen LogP contribution in [0.1, 0.15) is 18.1 Å². The summed E-state index contributed by atoms with van der Waals surface area (Å²) >= 11 is 0. The Bertz CT molecular complexity index is 443. The number of pyridine rings is 1. The van der Waals surface area contributed by atoms with E-state index in [0.717, 1.165) is 6.92 Å². The summed E-state index contributed by atoms with van der Waals surface area (Å²) < 4.78 is 26.8. The highest BCUT2D eigenvalue weighted by molar-refractivity contribution is 7.89. The molecule has 1 aromatic heterocycles. The van der Waals surface area contributed by atoms with E-state index < -0.39 is 21.4 Å². The van der Waals surface area contributed by atoms with Crippen LogP contribution in [0, 0.1) is 0 Å². The zero-order valence-corrected chi connectivity index (χ0v) is 8.77. The van der Waals surface area contributed by atoms with Gasteiger partial charge in [-0.05, 0) is 12.1 Å². The molecule has 0 aliphatic heterocycles. The third kappa shape index (κ3) is 3.30. The number of primary sulfonamides is 1. The fourth-order valence-corrected chi connectivity index (χ4v) is 1.71. The first-order valence-electron chi connectivity index (χ1n) is 4.01. The van der Waals surface area contributed by atoms with Crippen LogP contribution in [0.5, 0.6) is 0 Å². The fraction of sp³-hybridized carbons (Fsp3) is 0.250. The number of carbonyl (C=O) groups excluding carboxylic acids is 1. The molecule has 1 heterocycles. The second-order valence-corrected chi connectivity index (χ2v) is 4.39. The summed E-state index contributed by atoms with van der Waals surface area (Å²) in [6.45, 7) is 1.10. The number of esters is 1. The minimum atomic E-state index is -4.02. The van der Waals surface area contributed by atoms with Crippen molar-refractivity contribution in [3.05, 3.63) is 30.1 Å². The maximum atomic E-state index is 11.1. The van der Waals surface area contributed by atoms with Gasteiger partial charge in [0.15, 0.2) is 0 Å². The molecule has 0 saturated carbocycles.